The summed E-state index contributed by atoms with van der Waals surface area (Å²) in [6, 6.07) is 3.88. The molecule has 35 heavy (non-hydrogen) atoms. The normalized spacial score (nSPS) is 17.9. The molecule has 1 fully saturated rings. The van der Waals surface area contributed by atoms with Crippen molar-refractivity contribution in [3.05, 3.63) is 46.3 Å². The first-order valence-electron chi connectivity index (χ1n) is 11.3. The SMILES string of the molecule is CCc1nc(C(=O)NCC2CCC(C)CC2)c(Cl)n1-c1ccc(CCC(F)(F)F)cc1F.O=S=O. The van der Waals surface area contributed by atoms with Crippen molar-refractivity contribution in [1.29, 1.82) is 0 Å². The van der Waals surface area contributed by atoms with Crippen LogP contribution in [0.25, 0.3) is 5.69 Å². The Hall–Kier alpha value is -2.27. The minimum absolute atomic E-state index is 0.0152. The summed E-state index contributed by atoms with van der Waals surface area (Å²) in [7, 11) is 0. The molecule has 0 saturated heterocycles. The van der Waals surface area contributed by atoms with Gasteiger partial charge in [0.25, 0.3) is 5.91 Å². The summed E-state index contributed by atoms with van der Waals surface area (Å²) in [6.07, 6.45) is -0.832. The fourth-order valence-corrected chi connectivity index (χ4v) is 4.41. The van der Waals surface area contributed by atoms with Gasteiger partial charge in [-0.25, -0.2) is 9.37 Å². The first kappa shape index (κ1) is 29.0. The molecule has 2 aromatic rings. The summed E-state index contributed by atoms with van der Waals surface area (Å²) in [5.74, 6) is 0.400. The van der Waals surface area contributed by atoms with Crippen LogP contribution in [0, 0.1) is 17.7 Å². The lowest BCUT2D eigenvalue weighted by atomic mass is 9.83. The van der Waals surface area contributed by atoms with Gasteiger partial charge in [-0.05, 0) is 48.8 Å². The predicted octanol–water partition coefficient (Wildman–Crippen LogP) is 5.61. The second-order valence-electron chi connectivity index (χ2n) is 8.66. The van der Waals surface area contributed by atoms with Crippen LogP contribution in [0.3, 0.4) is 0 Å². The second-order valence-corrected chi connectivity index (χ2v) is 9.16. The van der Waals surface area contributed by atoms with Gasteiger partial charge in [0, 0.05) is 19.4 Å². The van der Waals surface area contributed by atoms with Gasteiger partial charge in [0.1, 0.15) is 16.8 Å². The van der Waals surface area contributed by atoms with E-state index in [0.717, 1.165) is 31.7 Å². The number of benzene rings is 1. The largest absolute Gasteiger partial charge is 0.389 e. The van der Waals surface area contributed by atoms with E-state index >= 15 is 0 Å². The summed E-state index contributed by atoms with van der Waals surface area (Å²) in [5, 5.41) is 2.88. The molecule has 0 unspecified atom stereocenters. The molecular formula is C23H28ClF4N3O3S. The lowest BCUT2D eigenvalue weighted by Gasteiger charge is -2.26. The zero-order valence-electron chi connectivity index (χ0n) is 19.5. The van der Waals surface area contributed by atoms with E-state index in [4.69, 9.17) is 20.0 Å². The van der Waals surface area contributed by atoms with Crippen molar-refractivity contribution in [3.8, 4) is 5.69 Å². The minimum Gasteiger partial charge on any atom is -0.350 e. The van der Waals surface area contributed by atoms with Gasteiger partial charge in [0.05, 0.1) is 5.69 Å². The highest BCUT2D eigenvalue weighted by Gasteiger charge is 2.27. The maximum absolute atomic E-state index is 14.8. The van der Waals surface area contributed by atoms with Crippen LogP contribution in [0.1, 0.15) is 67.8 Å². The quantitative estimate of drug-likeness (QED) is 0.466. The van der Waals surface area contributed by atoms with Crippen molar-refractivity contribution in [2.45, 2.75) is 65.0 Å². The average Bonchev–Trinajstić information content (AvgIpc) is 3.13. The van der Waals surface area contributed by atoms with Crippen LogP contribution in [0.15, 0.2) is 18.2 Å². The highest BCUT2D eigenvalue weighted by molar-refractivity contribution is 7.51. The maximum Gasteiger partial charge on any atom is 0.389 e. The summed E-state index contributed by atoms with van der Waals surface area (Å²) in [4.78, 5) is 17.0. The van der Waals surface area contributed by atoms with Crippen molar-refractivity contribution < 1.29 is 30.8 Å². The van der Waals surface area contributed by atoms with E-state index in [0.29, 0.717) is 30.6 Å². The molecule has 1 amide bonds. The van der Waals surface area contributed by atoms with Gasteiger partial charge < -0.3 is 5.32 Å². The van der Waals surface area contributed by atoms with Crippen molar-refractivity contribution in [2.24, 2.45) is 11.8 Å². The summed E-state index contributed by atoms with van der Waals surface area (Å²) in [5.41, 5.74) is 0.307. The number of aromatic nitrogens is 2. The zero-order chi connectivity index (χ0) is 26.2. The Balaban J connectivity index is 0.00000137. The number of alkyl halides is 3. The van der Waals surface area contributed by atoms with E-state index in [9.17, 15) is 22.4 Å². The van der Waals surface area contributed by atoms with Crippen LogP contribution in [0.5, 0.6) is 0 Å². The molecule has 1 aromatic carbocycles. The lowest BCUT2D eigenvalue weighted by Crippen LogP contribution is -2.31. The number of rotatable bonds is 7. The number of nitrogens with zero attached hydrogens (tertiary/aromatic N) is 2. The van der Waals surface area contributed by atoms with Crippen molar-refractivity contribution in [2.75, 3.05) is 6.54 Å². The van der Waals surface area contributed by atoms with Crippen LogP contribution >= 0.6 is 11.6 Å². The number of hydrogen-bond acceptors (Lipinski definition) is 4. The van der Waals surface area contributed by atoms with Crippen molar-refractivity contribution in [3.63, 3.8) is 0 Å². The molecular weight excluding hydrogens is 510 g/mol. The number of carbonyl (C=O) groups excluding carboxylic acids is 1. The van der Waals surface area contributed by atoms with Crippen LogP contribution in [0.4, 0.5) is 17.6 Å². The van der Waals surface area contributed by atoms with E-state index in [2.05, 4.69) is 17.2 Å². The highest BCUT2D eigenvalue weighted by Crippen LogP contribution is 2.29. The van der Waals surface area contributed by atoms with Gasteiger partial charge in [-0.3, -0.25) is 9.36 Å². The van der Waals surface area contributed by atoms with E-state index in [1.165, 1.54) is 16.7 Å². The minimum atomic E-state index is -4.31. The van der Waals surface area contributed by atoms with Crippen LogP contribution in [0.2, 0.25) is 5.15 Å². The van der Waals surface area contributed by atoms with Crippen LogP contribution < -0.4 is 5.32 Å². The third-order valence-corrected chi connectivity index (χ3v) is 6.41. The molecule has 12 heteroatoms. The average molecular weight is 538 g/mol. The van der Waals surface area contributed by atoms with Crippen molar-refractivity contribution in [1.82, 2.24) is 14.9 Å². The lowest BCUT2D eigenvalue weighted by molar-refractivity contribution is -0.134. The van der Waals surface area contributed by atoms with Gasteiger partial charge in [-0.15, -0.1) is 0 Å². The maximum atomic E-state index is 14.8. The fraction of sp³-hybridized carbons (Fsp3) is 0.565. The molecule has 1 N–H and O–H groups in total. The number of nitrogens with one attached hydrogen (secondary N) is 1. The Labute approximate surface area is 210 Å². The van der Waals surface area contributed by atoms with Gasteiger partial charge in [0.2, 0.25) is 0 Å². The Morgan fingerprint density at radius 3 is 2.40 bits per heavy atom. The molecule has 1 saturated carbocycles. The molecule has 1 aromatic heterocycles. The predicted molar refractivity (Wildman–Crippen MR) is 125 cm³/mol. The molecule has 0 radical (unpaired) electrons. The molecule has 0 bridgehead atoms. The fourth-order valence-electron chi connectivity index (χ4n) is 4.10. The Bertz CT molecular complexity index is 1050. The number of carbonyl (C=O) groups is 1. The number of hydrogen-bond donors (Lipinski definition) is 1. The van der Waals surface area contributed by atoms with E-state index in [1.54, 1.807) is 6.92 Å². The Kier molecular flexibility index (Phi) is 10.9. The summed E-state index contributed by atoms with van der Waals surface area (Å²) in [6.45, 7) is 4.57. The molecule has 0 spiro atoms. The van der Waals surface area contributed by atoms with Gasteiger partial charge in [-0.1, -0.05) is 44.4 Å². The first-order chi connectivity index (χ1) is 16.5. The Morgan fingerprint density at radius 1 is 1.23 bits per heavy atom. The highest BCUT2D eigenvalue weighted by atomic mass is 35.5. The number of amides is 1. The molecule has 6 nitrogen and oxygen atoms in total. The number of imidazole rings is 1. The van der Waals surface area contributed by atoms with Gasteiger partial charge in [-0.2, -0.15) is 21.6 Å². The van der Waals surface area contributed by atoms with E-state index in [1.807, 2.05) is 0 Å². The monoisotopic (exact) mass is 537 g/mol. The Morgan fingerprint density at radius 2 is 1.86 bits per heavy atom. The van der Waals surface area contributed by atoms with Gasteiger partial charge >= 0.3 is 17.7 Å². The molecule has 1 aliphatic carbocycles. The molecule has 3 rings (SSSR count). The van der Waals surface area contributed by atoms with Crippen LogP contribution in [-0.2, 0) is 24.4 Å². The van der Waals surface area contributed by atoms with Gasteiger partial charge in [0.15, 0.2) is 5.69 Å². The smallest absolute Gasteiger partial charge is 0.350 e. The number of halogens is 5. The topological polar surface area (TPSA) is 81.1 Å². The van der Waals surface area contributed by atoms with Crippen molar-refractivity contribution >= 4 is 29.1 Å². The molecule has 194 valence electrons. The van der Waals surface area contributed by atoms with E-state index in [-0.39, 0.29) is 28.5 Å². The summed E-state index contributed by atoms with van der Waals surface area (Å²) >= 11 is 5.69. The second kappa shape index (κ2) is 13.2. The number of aryl methyl sites for hydroxylation is 2. The standard InChI is InChI=1S/C23H28ClF4N3O.O2S/c1-3-19-30-20(22(32)29-13-16-6-4-14(2)5-7-16)21(24)31(19)18-9-8-15(12-17(18)25)10-11-23(26,27)28;1-3-2/h8-9,12,14,16H,3-7,10-11,13H2,1-2H3,(H,29,32);. The third kappa shape index (κ3) is 8.42. The molecule has 0 aliphatic heterocycles. The molecule has 0 atom stereocenters. The molecule has 1 aliphatic rings. The summed E-state index contributed by atoms with van der Waals surface area (Å²) < 4.78 is 70.1. The third-order valence-electron chi connectivity index (χ3n) is 6.06. The zero-order valence-corrected chi connectivity index (χ0v) is 21.0. The van der Waals surface area contributed by atoms with E-state index < -0.39 is 35.9 Å². The van der Waals surface area contributed by atoms with Crippen LogP contribution in [-0.4, -0.2) is 36.6 Å². The first-order valence-corrected chi connectivity index (χ1v) is 12.4. The molecule has 1 heterocycles.